The highest BCUT2D eigenvalue weighted by atomic mass is 16.6. The van der Waals surface area contributed by atoms with Crippen LogP contribution >= 0.6 is 0 Å². The van der Waals surface area contributed by atoms with E-state index in [-0.39, 0.29) is 0 Å². The topological polar surface area (TPSA) is 21.6 Å². The average Bonchev–Trinajstić information content (AvgIpc) is 2.22. The standard InChI is InChI=1S/C5H7NO/c1-2-5-3-4(1)6-7-5/h5H,1-3H2. The van der Waals surface area contributed by atoms with Gasteiger partial charge >= 0.3 is 0 Å². The Morgan fingerprint density at radius 2 is 2.71 bits per heavy atom. The fourth-order valence-electron chi connectivity index (χ4n) is 1.12. The molecular weight excluding hydrogens is 90.1 g/mol. The summed E-state index contributed by atoms with van der Waals surface area (Å²) in [6.07, 6.45) is 3.97. The van der Waals surface area contributed by atoms with E-state index in [0.29, 0.717) is 6.10 Å². The maximum atomic E-state index is 4.94. The molecule has 0 amide bonds. The van der Waals surface area contributed by atoms with Crippen LogP contribution in [0.25, 0.3) is 0 Å². The van der Waals surface area contributed by atoms with Crippen molar-refractivity contribution in [3.63, 3.8) is 0 Å². The van der Waals surface area contributed by atoms with Gasteiger partial charge in [0, 0.05) is 6.42 Å². The van der Waals surface area contributed by atoms with Gasteiger partial charge in [0.25, 0.3) is 0 Å². The lowest BCUT2D eigenvalue weighted by Crippen LogP contribution is -1.98. The van der Waals surface area contributed by atoms with Crippen LogP contribution in [-0.4, -0.2) is 11.8 Å². The van der Waals surface area contributed by atoms with E-state index in [0.717, 1.165) is 6.42 Å². The third kappa shape index (κ3) is 0.363. The predicted octanol–water partition coefficient (Wildman–Crippen LogP) is 0.925. The van der Waals surface area contributed by atoms with Crippen molar-refractivity contribution in [1.82, 2.24) is 0 Å². The molecule has 2 bridgehead atoms. The lowest BCUT2D eigenvalue weighted by Gasteiger charge is -2.01. The monoisotopic (exact) mass is 97.1 g/mol. The smallest absolute Gasteiger partial charge is 0.133 e. The summed E-state index contributed by atoms with van der Waals surface area (Å²) in [6, 6.07) is 0. The Bertz CT molecular complexity index is 119. The van der Waals surface area contributed by atoms with E-state index in [9.17, 15) is 0 Å². The van der Waals surface area contributed by atoms with Crippen molar-refractivity contribution in [3.05, 3.63) is 0 Å². The van der Waals surface area contributed by atoms with Crippen LogP contribution in [0.3, 0.4) is 0 Å². The maximum Gasteiger partial charge on any atom is 0.133 e. The van der Waals surface area contributed by atoms with Gasteiger partial charge in [-0.05, 0) is 12.8 Å². The SMILES string of the molecule is C1CC2CC1=NO2. The Morgan fingerprint density at radius 1 is 1.71 bits per heavy atom. The number of fused-ring (bicyclic) bond motifs is 2. The molecule has 0 spiro atoms. The molecule has 0 aromatic carbocycles. The number of oxime groups is 1. The first kappa shape index (κ1) is 3.47. The highest BCUT2D eigenvalue weighted by molar-refractivity contribution is 5.87. The Balaban J connectivity index is 2.30. The maximum absolute atomic E-state index is 4.94. The Morgan fingerprint density at radius 3 is 2.86 bits per heavy atom. The molecular formula is C5H7NO. The van der Waals surface area contributed by atoms with E-state index in [1.54, 1.807) is 0 Å². The Hall–Kier alpha value is -0.530. The first-order valence-corrected chi connectivity index (χ1v) is 2.67. The molecule has 2 nitrogen and oxygen atoms in total. The summed E-state index contributed by atoms with van der Waals surface area (Å²) in [4.78, 5) is 4.94. The second-order valence-corrected chi connectivity index (χ2v) is 2.13. The van der Waals surface area contributed by atoms with Crippen LogP contribution in [0, 0.1) is 0 Å². The van der Waals surface area contributed by atoms with Crippen molar-refractivity contribution in [2.75, 3.05) is 0 Å². The van der Waals surface area contributed by atoms with E-state index in [1.165, 1.54) is 18.6 Å². The van der Waals surface area contributed by atoms with E-state index in [4.69, 9.17) is 4.84 Å². The van der Waals surface area contributed by atoms with Crippen LogP contribution in [-0.2, 0) is 4.84 Å². The van der Waals surface area contributed by atoms with Crippen LogP contribution < -0.4 is 0 Å². The normalized spacial score (nSPS) is 35.4. The van der Waals surface area contributed by atoms with Crippen molar-refractivity contribution < 1.29 is 4.84 Å². The minimum Gasteiger partial charge on any atom is -0.392 e. The number of nitrogens with zero attached hydrogens (tertiary/aromatic N) is 1. The molecule has 1 heterocycles. The summed E-state index contributed by atoms with van der Waals surface area (Å²) in [5.41, 5.74) is 1.27. The zero-order valence-electron chi connectivity index (χ0n) is 4.05. The molecule has 0 N–H and O–H groups in total. The summed E-state index contributed by atoms with van der Waals surface area (Å²) in [5.74, 6) is 0. The van der Waals surface area contributed by atoms with Gasteiger partial charge in [-0.1, -0.05) is 5.16 Å². The molecule has 1 aliphatic carbocycles. The summed E-state index contributed by atoms with van der Waals surface area (Å²) in [7, 11) is 0. The Kier molecular flexibility index (Phi) is 0.494. The molecule has 1 aliphatic heterocycles. The first-order valence-electron chi connectivity index (χ1n) is 2.67. The number of rotatable bonds is 0. The quantitative estimate of drug-likeness (QED) is 0.440. The number of hydrogen-bond donors (Lipinski definition) is 0. The summed E-state index contributed by atoms with van der Waals surface area (Å²) in [6.45, 7) is 0. The van der Waals surface area contributed by atoms with Crippen LogP contribution in [0.15, 0.2) is 5.16 Å². The number of hydrogen-bond acceptors (Lipinski definition) is 2. The van der Waals surface area contributed by atoms with Gasteiger partial charge in [-0.25, -0.2) is 0 Å². The zero-order valence-corrected chi connectivity index (χ0v) is 4.05. The van der Waals surface area contributed by atoms with Crippen molar-refractivity contribution >= 4 is 5.71 Å². The largest absolute Gasteiger partial charge is 0.392 e. The predicted molar refractivity (Wildman–Crippen MR) is 26.2 cm³/mol. The molecule has 0 aromatic rings. The van der Waals surface area contributed by atoms with E-state index in [1.807, 2.05) is 0 Å². The van der Waals surface area contributed by atoms with Gasteiger partial charge in [-0.2, -0.15) is 0 Å². The average molecular weight is 97.1 g/mol. The van der Waals surface area contributed by atoms with E-state index in [2.05, 4.69) is 5.16 Å². The van der Waals surface area contributed by atoms with Gasteiger partial charge in [0.15, 0.2) is 0 Å². The van der Waals surface area contributed by atoms with Gasteiger partial charge in [0.2, 0.25) is 0 Å². The van der Waals surface area contributed by atoms with Crippen LogP contribution in [0.5, 0.6) is 0 Å². The third-order valence-corrected chi connectivity index (χ3v) is 1.55. The second-order valence-electron chi connectivity index (χ2n) is 2.13. The molecule has 7 heavy (non-hydrogen) atoms. The molecule has 38 valence electrons. The van der Waals surface area contributed by atoms with Crippen LogP contribution in [0.2, 0.25) is 0 Å². The van der Waals surface area contributed by atoms with Gasteiger partial charge in [-0.3, -0.25) is 0 Å². The summed E-state index contributed by atoms with van der Waals surface area (Å²) < 4.78 is 0. The van der Waals surface area contributed by atoms with E-state index >= 15 is 0 Å². The van der Waals surface area contributed by atoms with E-state index < -0.39 is 0 Å². The summed E-state index contributed by atoms with van der Waals surface area (Å²) in [5, 5.41) is 3.82. The molecule has 0 aromatic heterocycles. The molecule has 0 saturated heterocycles. The highest BCUT2D eigenvalue weighted by Crippen LogP contribution is 2.25. The second kappa shape index (κ2) is 0.997. The van der Waals surface area contributed by atoms with Gasteiger partial charge < -0.3 is 4.84 Å². The molecule has 1 saturated carbocycles. The molecule has 2 heteroatoms. The zero-order chi connectivity index (χ0) is 4.69. The van der Waals surface area contributed by atoms with Gasteiger partial charge in [0.1, 0.15) is 6.10 Å². The van der Waals surface area contributed by atoms with Crippen molar-refractivity contribution in [1.29, 1.82) is 0 Å². The molecule has 1 unspecified atom stereocenters. The Labute approximate surface area is 42.2 Å². The van der Waals surface area contributed by atoms with Crippen molar-refractivity contribution in [2.45, 2.75) is 25.4 Å². The summed E-state index contributed by atoms with van der Waals surface area (Å²) >= 11 is 0. The van der Waals surface area contributed by atoms with Crippen LogP contribution in [0.1, 0.15) is 19.3 Å². The van der Waals surface area contributed by atoms with Crippen molar-refractivity contribution in [3.8, 4) is 0 Å². The minimum atomic E-state index is 0.468. The lowest BCUT2D eigenvalue weighted by molar-refractivity contribution is 0.0783. The van der Waals surface area contributed by atoms with Gasteiger partial charge in [0.05, 0.1) is 5.71 Å². The molecule has 0 radical (unpaired) electrons. The third-order valence-electron chi connectivity index (χ3n) is 1.55. The first-order chi connectivity index (χ1) is 3.45. The lowest BCUT2D eigenvalue weighted by atomic mass is 10.3. The van der Waals surface area contributed by atoms with Crippen LogP contribution in [0.4, 0.5) is 0 Å². The van der Waals surface area contributed by atoms with Gasteiger partial charge in [-0.15, -0.1) is 0 Å². The molecule has 2 rings (SSSR count). The van der Waals surface area contributed by atoms with Crippen molar-refractivity contribution in [2.24, 2.45) is 5.16 Å². The molecule has 2 aliphatic rings. The fourth-order valence-corrected chi connectivity index (χ4v) is 1.12. The fraction of sp³-hybridized carbons (Fsp3) is 0.800. The highest BCUT2D eigenvalue weighted by Gasteiger charge is 2.27. The minimum absolute atomic E-state index is 0.468. The molecule has 1 fully saturated rings. The molecule has 1 atom stereocenters.